The van der Waals surface area contributed by atoms with E-state index in [0.29, 0.717) is 12.0 Å². The van der Waals surface area contributed by atoms with E-state index in [0.717, 1.165) is 24.6 Å². The smallest absolute Gasteiger partial charge is 0.224 e. The Morgan fingerprint density at radius 2 is 2.06 bits per heavy atom. The monoisotopic (exact) mass is 237 g/mol. The van der Waals surface area contributed by atoms with Crippen LogP contribution in [0.15, 0.2) is 6.07 Å². The Morgan fingerprint density at radius 1 is 1.35 bits per heavy atom. The van der Waals surface area contributed by atoms with Crippen LogP contribution >= 0.6 is 0 Å². The lowest BCUT2D eigenvalue weighted by molar-refractivity contribution is 0.284. The van der Waals surface area contributed by atoms with Gasteiger partial charge >= 0.3 is 0 Å². The van der Waals surface area contributed by atoms with E-state index < -0.39 is 0 Å². The highest BCUT2D eigenvalue weighted by atomic mass is 15.2. The maximum atomic E-state index is 4.34. The van der Waals surface area contributed by atoms with Crippen LogP contribution in [-0.2, 0) is 0 Å². The highest BCUT2D eigenvalue weighted by Gasteiger charge is 2.03. The topological polar surface area (TPSA) is 53.1 Å². The fourth-order valence-electron chi connectivity index (χ4n) is 1.39. The second-order valence-electron chi connectivity index (χ2n) is 4.47. The summed E-state index contributed by atoms with van der Waals surface area (Å²) in [6.07, 6.45) is 0. The molecule has 0 aliphatic carbocycles. The molecule has 0 amide bonds. The van der Waals surface area contributed by atoms with Crippen molar-refractivity contribution >= 4 is 11.8 Å². The third kappa shape index (κ3) is 4.56. The highest BCUT2D eigenvalue weighted by Crippen LogP contribution is 2.08. The number of rotatable bonds is 6. The van der Waals surface area contributed by atoms with Crippen molar-refractivity contribution in [3.05, 3.63) is 11.8 Å². The Morgan fingerprint density at radius 3 is 2.65 bits per heavy atom. The predicted octanol–water partition coefficient (Wildman–Crippen LogP) is 1.58. The molecule has 1 rings (SSSR count). The summed E-state index contributed by atoms with van der Waals surface area (Å²) in [5, 5.41) is 6.27. The Bertz CT molecular complexity index is 351. The third-order valence-electron chi connectivity index (χ3n) is 2.73. The van der Waals surface area contributed by atoms with Gasteiger partial charge in [-0.1, -0.05) is 0 Å². The van der Waals surface area contributed by atoms with Gasteiger partial charge in [0, 0.05) is 37.9 Å². The molecule has 0 bridgehead atoms. The van der Waals surface area contributed by atoms with Gasteiger partial charge in [-0.25, -0.2) is 4.98 Å². The largest absolute Gasteiger partial charge is 0.369 e. The molecule has 1 heterocycles. The van der Waals surface area contributed by atoms with Crippen molar-refractivity contribution in [1.82, 2.24) is 14.9 Å². The van der Waals surface area contributed by atoms with Crippen LogP contribution in [0.4, 0.5) is 11.8 Å². The molecular weight excluding hydrogens is 214 g/mol. The molecule has 5 heteroatoms. The number of anilines is 2. The highest BCUT2D eigenvalue weighted by molar-refractivity contribution is 5.41. The summed E-state index contributed by atoms with van der Waals surface area (Å²) in [5.41, 5.74) is 0.962. The number of aryl methyl sites for hydroxylation is 1. The van der Waals surface area contributed by atoms with Crippen molar-refractivity contribution in [2.45, 2.75) is 26.8 Å². The van der Waals surface area contributed by atoms with Gasteiger partial charge in [0.2, 0.25) is 5.95 Å². The van der Waals surface area contributed by atoms with Crippen molar-refractivity contribution < 1.29 is 0 Å². The zero-order valence-corrected chi connectivity index (χ0v) is 11.4. The first-order chi connectivity index (χ1) is 8.02. The summed E-state index contributed by atoms with van der Waals surface area (Å²) in [6, 6.07) is 2.52. The predicted molar refractivity (Wildman–Crippen MR) is 72.6 cm³/mol. The molecule has 0 spiro atoms. The first kappa shape index (κ1) is 13.7. The zero-order chi connectivity index (χ0) is 12.8. The van der Waals surface area contributed by atoms with Gasteiger partial charge in [-0.2, -0.15) is 4.98 Å². The van der Waals surface area contributed by atoms with E-state index in [1.54, 1.807) is 0 Å². The van der Waals surface area contributed by atoms with Crippen LogP contribution in [0.1, 0.15) is 19.5 Å². The lowest BCUT2D eigenvalue weighted by Crippen LogP contribution is -2.31. The summed E-state index contributed by atoms with van der Waals surface area (Å²) in [5.74, 6) is 1.53. The number of nitrogens with zero attached hydrogens (tertiary/aromatic N) is 3. The molecule has 0 aliphatic rings. The molecule has 0 aliphatic heterocycles. The maximum Gasteiger partial charge on any atom is 0.224 e. The molecule has 1 aromatic rings. The van der Waals surface area contributed by atoms with Crippen molar-refractivity contribution in [1.29, 1.82) is 0 Å². The van der Waals surface area contributed by atoms with Crippen molar-refractivity contribution in [3.8, 4) is 0 Å². The minimum atomic E-state index is 0.566. The molecule has 0 aromatic carbocycles. The minimum absolute atomic E-state index is 0.566. The van der Waals surface area contributed by atoms with Crippen LogP contribution in [0.5, 0.6) is 0 Å². The number of nitrogens with one attached hydrogen (secondary N) is 2. The zero-order valence-electron chi connectivity index (χ0n) is 11.4. The fourth-order valence-corrected chi connectivity index (χ4v) is 1.39. The maximum absolute atomic E-state index is 4.34. The van der Waals surface area contributed by atoms with Gasteiger partial charge in [0.05, 0.1) is 0 Å². The first-order valence-electron chi connectivity index (χ1n) is 6.00. The Hall–Kier alpha value is -1.36. The fraction of sp³-hybridized carbons (Fsp3) is 0.667. The van der Waals surface area contributed by atoms with E-state index in [9.17, 15) is 0 Å². The summed E-state index contributed by atoms with van der Waals surface area (Å²) >= 11 is 0. The second-order valence-corrected chi connectivity index (χ2v) is 4.47. The van der Waals surface area contributed by atoms with Crippen molar-refractivity contribution in [2.24, 2.45) is 0 Å². The molecule has 96 valence electrons. The summed E-state index contributed by atoms with van der Waals surface area (Å²) in [4.78, 5) is 10.9. The lowest BCUT2D eigenvalue weighted by atomic mass is 10.3. The van der Waals surface area contributed by atoms with Crippen LogP contribution in [0.2, 0.25) is 0 Å². The van der Waals surface area contributed by atoms with Gasteiger partial charge in [-0.15, -0.1) is 0 Å². The van der Waals surface area contributed by atoms with Crippen LogP contribution in [0.3, 0.4) is 0 Å². The van der Waals surface area contributed by atoms with Crippen LogP contribution in [0.25, 0.3) is 0 Å². The quantitative estimate of drug-likeness (QED) is 0.786. The van der Waals surface area contributed by atoms with E-state index in [-0.39, 0.29) is 0 Å². The molecule has 0 radical (unpaired) electrons. The van der Waals surface area contributed by atoms with E-state index in [2.05, 4.69) is 46.4 Å². The average Bonchev–Trinajstić information content (AvgIpc) is 2.27. The number of aromatic nitrogens is 2. The molecule has 0 fully saturated rings. The third-order valence-corrected chi connectivity index (χ3v) is 2.73. The van der Waals surface area contributed by atoms with Crippen molar-refractivity contribution in [3.63, 3.8) is 0 Å². The van der Waals surface area contributed by atoms with Gasteiger partial charge in [0.1, 0.15) is 5.82 Å². The summed E-state index contributed by atoms with van der Waals surface area (Å²) < 4.78 is 0. The van der Waals surface area contributed by atoms with Crippen LogP contribution in [-0.4, -0.2) is 48.1 Å². The Balaban J connectivity index is 2.49. The first-order valence-corrected chi connectivity index (χ1v) is 6.00. The normalized spacial score (nSPS) is 11.0. The average molecular weight is 237 g/mol. The number of hydrogen-bond acceptors (Lipinski definition) is 5. The van der Waals surface area contributed by atoms with E-state index in [1.807, 2.05) is 20.0 Å². The SMILES string of the molecule is CNc1nc(C)cc(NCCN(C)C(C)C)n1. The van der Waals surface area contributed by atoms with E-state index in [1.165, 1.54) is 0 Å². The van der Waals surface area contributed by atoms with E-state index >= 15 is 0 Å². The van der Waals surface area contributed by atoms with Gasteiger partial charge in [0.15, 0.2) is 0 Å². The Labute approximate surface area is 104 Å². The second kappa shape index (κ2) is 6.39. The molecule has 2 N–H and O–H groups in total. The molecule has 0 saturated heterocycles. The molecular formula is C12H23N5. The van der Waals surface area contributed by atoms with Crippen LogP contribution in [0, 0.1) is 6.92 Å². The number of hydrogen-bond donors (Lipinski definition) is 2. The lowest BCUT2D eigenvalue weighted by Gasteiger charge is -2.21. The number of likely N-dealkylation sites (N-methyl/N-ethyl adjacent to an activating group) is 1. The molecule has 0 saturated carbocycles. The van der Waals surface area contributed by atoms with Gasteiger partial charge < -0.3 is 15.5 Å². The molecule has 17 heavy (non-hydrogen) atoms. The molecule has 0 unspecified atom stereocenters. The molecule has 1 aromatic heterocycles. The Kier molecular flexibility index (Phi) is 5.15. The van der Waals surface area contributed by atoms with Crippen molar-refractivity contribution in [2.75, 3.05) is 37.8 Å². The minimum Gasteiger partial charge on any atom is -0.369 e. The standard InChI is InChI=1S/C12H23N5/c1-9(2)17(5)7-6-14-11-8-10(3)15-12(13-4)16-11/h8-9H,6-7H2,1-5H3,(H2,13,14,15,16). The van der Waals surface area contributed by atoms with Crippen LogP contribution < -0.4 is 10.6 Å². The van der Waals surface area contributed by atoms with Gasteiger partial charge in [-0.05, 0) is 27.8 Å². The molecule has 5 nitrogen and oxygen atoms in total. The van der Waals surface area contributed by atoms with Gasteiger partial charge in [-0.3, -0.25) is 0 Å². The van der Waals surface area contributed by atoms with E-state index in [4.69, 9.17) is 0 Å². The summed E-state index contributed by atoms with van der Waals surface area (Å²) in [6.45, 7) is 8.22. The molecule has 0 atom stereocenters. The van der Waals surface area contributed by atoms with Gasteiger partial charge in [0.25, 0.3) is 0 Å². The summed E-state index contributed by atoms with van der Waals surface area (Å²) in [7, 11) is 3.95.